The molecule has 0 bridgehead atoms. The van der Waals surface area contributed by atoms with Gasteiger partial charge in [-0.2, -0.15) is 0 Å². The summed E-state index contributed by atoms with van der Waals surface area (Å²) in [5.41, 5.74) is 0. The van der Waals surface area contributed by atoms with Gasteiger partial charge in [0.05, 0.1) is 13.2 Å². The maximum atomic E-state index is 9.87. The van der Waals surface area contributed by atoms with Gasteiger partial charge in [-0.05, 0) is 25.7 Å². The summed E-state index contributed by atoms with van der Waals surface area (Å²) in [6.07, 6.45) is 10.4. The van der Waals surface area contributed by atoms with Gasteiger partial charge in [0.15, 0.2) is 0 Å². The third-order valence-electron chi connectivity index (χ3n) is 4.14. The molecule has 1 saturated heterocycles. The predicted octanol–water partition coefficient (Wildman–Crippen LogP) is 2.18. The van der Waals surface area contributed by atoms with E-state index in [2.05, 4.69) is 19.1 Å². The van der Waals surface area contributed by atoms with Crippen LogP contribution in [0.25, 0.3) is 0 Å². The number of allylic oxidation sites excluding steroid dienone is 2. The Morgan fingerprint density at radius 2 is 1.78 bits per heavy atom. The van der Waals surface area contributed by atoms with Crippen molar-refractivity contribution in [3.8, 4) is 0 Å². The summed E-state index contributed by atoms with van der Waals surface area (Å²) in [6, 6.07) is 0. The Morgan fingerprint density at radius 3 is 2.48 bits per heavy atom. The topological polar surface area (TPSA) is 79.2 Å². The van der Waals surface area contributed by atoms with Crippen LogP contribution >= 0.6 is 0 Å². The first-order valence-electron chi connectivity index (χ1n) is 9.05. The second-order valence-corrected chi connectivity index (χ2v) is 6.31. The van der Waals surface area contributed by atoms with Crippen molar-refractivity contribution in [1.29, 1.82) is 0 Å². The number of unbranched alkanes of at least 4 members (excludes halogenated alkanes) is 6. The second-order valence-electron chi connectivity index (χ2n) is 6.31. The average Bonchev–Trinajstić information content (AvgIpc) is 2.88. The minimum absolute atomic E-state index is 0.0660. The Labute approximate surface area is 140 Å². The Morgan fingerprint density at radius 1 is 1.09 bits per heavy atom. The van der Waals surface area contributed by atoms with E-state index in [1.165, 1.54) is 38.5 Å². The van der Waals surface area contributed by atoms with E-state index in [4.69, 9.17) is 9.47 Å². The molecule has 0 aromatic carbocycles. The fourth-order valence-corrected chi connectivity index (χ4v) is 2.66. The Balaban J connectivity index is 1.88. The third-order valence-corrected chi connectivity index (χ3v) is 4.14. The highest BCUT2D eigenvalue weighted by molar-refractivity contribution is 4.87. The third kappa shape index (κ3) is 8.82. The lowest BCUT2D eigenvalue weighted by molar-refractivity contribution is -0.0813. The predicted molar refractivity (Wildman–Crippen MR) is 90.3 cm³/mol. The van der Waals surface area contributed by atoms with Crippen LogP contribution in [0.3, 0.4) is 0 Å². The van der Waals surface area contributed by atoms with Gasteiger partial charge in [-0.3, -0.25) is 0 Å². The molecule has 1 heterocycles. The first-order chi connectivity index (χ1) is 11.2. The van der Waals surface area contributed by atoms with Crippen LogP contribution in [-0.4, -0.2) is 59.6 Å². The molecule has 0 aromatic heterocycles. The normalized spacial score (nSPS) is 26.2. The molecule has 4 atom stereocenters. The molecule has 0 saturated carbocycles. The fourth-order valence-electron chi connectivity index (χ4n) is 2.66. The lowest BCUT2D eigenvalue weighted by atomic mass is 10.1. The van der Waals surface area contributed by atoms with Crippen molar-refractivity contribution in [2.24, 2.45) is 0 Å². The first-order valence-corrected chi connectivity index (χ1v) is 9.05. The van der Waals surface area contributed by atoms with Gasteiger partial charge in [-0.1, -0.05) is 44.8 Å². The Hall–Kier alpha value is -0.460. The minimum atomic E-state index is -1.03. The van der Waals surface area contributed by atoms with Crippen molar-refractivity contribution in [1.82, 2.24) is 0 Å². The molecule has 1 fully saturated rings. The Bertz CT molecular complexity index is 308. The first kappa shape index (κ1) is 20.6. The minimum Gasteiger partial charge on any atom is -0.388 e. The average molecular weight is 330 g/mol. The van der Waals surface area contributed by atoms with Crippen LogP contribution in [0, 0.1) is 0 Å². The zero-order valence-corrected chi connectivity index (χ0v) is 14.4. The molecular formula is C18H34O5. The van der Waals surface area contributed by atoms with E-state index in [0.29, 0.717) is 6.61 Å². The second kappa shape index (κ2) is 12.9. The van der Waals surface area contributed by atoms with E-state index in [0.717, 1.165) is 12.8 Å². The van der Waals surface area contributed by atoms with Crippen LogP contribution in [0.1, 0.15) is 58.3 Å². The molecule has 1 aliphatic heterocycles. The fraction of sp³-hybridized carbons (Fsp3) is 0.889. The van der Waals surface area contributed by atoms with Gasteiger partial charge >= 0.3 is 0 Å². The van der Waals surface area contributed by atoms with E-state index in [1.54, 1.807) is 0 Å². The number of aliphatic hydroxyl groups excluding tert-OH is 3. The highest BCUT2D eigenvalue weighted by Gasteiger charge is 2.39. The number of ether oxygens (including phenoxy) is 2. The van der Waals surface area contributed by atoms with Crippen molar-refractivity contribution in [3.05, 3.63) is 12.2 Å². The van der Waals surface area contributed by atoms with Crippen molar-refractivity contribution >= 4 is 0 Å². The van der Waals surface area contributed by atoms with Gasteiger partial charge in [0.25, 0.3) is 0 Å². The molecule has 5 nitrogen and oxygen atoms in total. The summed E-state index contributed by atoms with van der Waals surface area (Å²) < 4.78 is 10.6. The molecule has 136 valence electrons. The standard InChI is InChI=1S/C18H34O5/c1-2-3-4-5-6-7-8-9-10-11-12-22-13-16(20)18-17(21)15(19)14-23-18/h4-5,15-21H,2-3,6-14H2,1H3/b5-4+/t15-,16+,17-,18-/m0/s1. The zero-order valence-electron chi connectivity index (χ0n) is 14.4. The van der Waals surface area contributed by atoms with Crippen molar-refractivity contribution in [2.45, 2.75) is 82.7 Å². The highest BCUT2D eigenvalue weighted by atomic mass is 16.5. The van der Waals surface area contributed by atoms with E-state index in [-0.39, 0.29) is 13.2 Å². The van der Waals surface area contributed by atoms with Gasteiger partial charge in [-0.15, -0.1) is 0 Å². The van der Waals surface area contributed by atoms with E-state index in [9.17, 15) is 15.3 Å². The van der Waals surface area contributed by atoms with Gasteiger partial charge < -0.3 is 24.8 Å². The van der Waals surface area contributed by atoms with Crippen LogP contribution in [0.15, 0.2) is 12.2 Å². The summed E-state index contributed by atoms with van der Waals surface area (Å²) in [5.74, 6) is 0. The molecule has 0 aromatic rings. The smallest absolute Gasteiger partial charge is 0.114 e. The van der Waals surface area contributed by atoms with Crippen LogP contribution in [-0.2, 0) is 9.47 Å². The lowest BCUT2D eigenvalue weighted by Crippen LogP contribution is -2.40. The molecule has 0 amide bonds. The monoisotopic (exact) mass is 330 g/mol. The molecule has 23 heavy (non-hydrogen) atoms. The van der Waals surface area contributed by atoms with E-state index < -0.39 is 24.4 Å². The van der Waals surface area contributed by atoms with Gasteiger partial charge in [0, 0.05) is 6.61 Å². The van der Waals surface area contributed by atoms with Crippen molar-refractivity contribution in [3.63, 3.8) is 0 Å². The molecule has 0 spiro atoms. The van der Waals surface area contributed by atoms with Crippen LogP contribution in [0.4, 0.5) is 0 Å². The van der Waals surface area contributed by atoms with Gasteiger partial charge in [0.2, 0.25) is 0 Å². The summed E-state index contributed by atoms with van der Waals surface area (Å²) in [4.78, 5) is 0. The van der Waals surface area contributed by atoms with E-state index in [1.807, 2.05) is 0 Å². The maximum Gasteiger partial charge on any atom is 0.114 e. The molecule has 0 radical (unpaired) electrons. The number of aliphatic hydroxyl groups is 3. The summed E-state index contributed by atoms with van der Waals surface area (Å²) in [7, 11) is 0. The largest absolute Gasteiger partial charge is 0.388 e. The molecule has 1 rings (SSSR count). The van der Waals surface area contributed by atoms with Gasteiger partial charge in [0.1, 0.15) is 24.4 Å². The molecule has 0 unspecified atom stereocenters. The lowest BCUT2D eigenvalue weighted by Gasteiger charge is -2.20. The molecular weight excluding hydrogens is 296 g/mol. The SMILES string of the molecule is CCC/C=C/CCCCCCCOC[C@@H](O)[C@@H]1OC[C@H](O)[C@@H]1O. The molecule has 3 N–H and O–H groups in total. The number of hydrogen-bond acceptors (Lipinski definition) is 5. The van der Waals surface area contributed by atoms with Crippen molar-refractivity contribution < 1.29 is 24.8 Å². The molecule has 5 heteroatoms. The van der Waals surface area contributed by atoms with Gasteiger partial charge in [-0.25, -0.2) is 0 Å². The number of rotatable bonds is 13. The molecule has 1 aliphatic rings. The number of hydrogen-bond donors (Lipinski definition) is 3. The molecule has 0 aliphatic carbocycles. The summed E-state index contributed by atoms with van der Waals surface area (Å²) in [5, 5.41) is 28.9. The van der Waals surface area contributed by atoms with Crippen LogP contribution < -0.4 is 0 Å². The van der Waals surface area contributed by atoms with E-state index >= 15 is 0 Å². The zero-order chi connectivity index (χ0) is 16.9. The highest BCUT2D eigenvalue weighted by Crippen LogP contribution is 2.17. The quantitative estimate of drug-likeness (QED) is 0.356. The van der Waals surface area contributed by atoms with Crippen LogP contribution in [0.5, 0.6) is 0 Å². The maximum absolute atomic E-state index is 9.87. The van der Waals surface area contributed by atoms with Crippen molar-refractivity contribution in [2.75, 3.05) is 19.8 Å². The Kier molecular flexibility index (Phi) is 11.5. The van der Waals surface area contributed by atoms with Crippen LogP contribution in [0.2, 0.25) is 0 Å². The summed E-state index contributed by atoms with van der Waals surface area (Å²) >= 11 is 0. The summed E-state index contributed by atoms with van der Waals surface area (Å²) in [6.45, 7) is 3.00.